The van der Waals surface area contributed by atoms with Crippen molar-refractivity contribution in [2.75, 3.05) is 11.5 Å². The molecule has 0 radical (unpaired) electrons. The van der Waals surface area contributed by atoms with Gasteiger partial charge in [-0.25, -0.2) is 4.79 Å². The van der Waals surface area contributed by atoms with E-state index in [1.807, 2.05) is 0 Å². The summed E-state index contributed by atoms with van der Waals surface area (Å²) in [5, 5.41) is 2.62. The number of thioether (sulfide) groups is 1. The molecule has 2 aliphatic heterocycles. The zero-order valence-corrected chi connectivity index (χ0v) is 8.26. The molecule has 4 nitrogen and oxygen atoms in total. The molecule has 2 saturated heterocycles. The fourth-order valence-electron chi connectivity index (χ4n) is 1.70. The fraction of sp³-hybridized carbons (Fsp3) is 0.750. The maximum atomic E-state index is 11.5. The summed E-state index contributed by atoms with van der Waals surface area (Å²) in [6.45, 7) is 1.72. The number of carbonyl (C=O) groups excluding carboxylic acids is 2. The first kappa shape index (κ1) is 8.87. The molecule has 1 unspecified atom stereocenters. The standard InChI is InChI=1S/C8H12N2O2S/c1-5-7(11)10(8(12)9-5)6-2-3-13-4-6/h5-6H,2-4H2,1H3,(H,9,12)/t5-,6?/m1/s1. The Bertz CT molecular complexity index is 251. The van der Waals surface area contributed by atoms with Gasteiger partial charge in [0.25, 0.3) is 5.91 Å². The maximum Gasteiger partial charge on any atom is 0.325 e. The number of urea groups is 1. The van der Waals surface area contributed by atoms with E-state index in [1.165, 1.54) is 4.90 Å². The van der Waals surface area contributed by atoms with Crippen LogP contribution in [0.5, 0.6) is 0 Å². The highest BCUT2D eigenvalue weighted by molar-refractivity contribution is 7.99. The van der Waals surface area contributed by atoms with Gasteiger partial charge >= 0.3 is 6.03 Å². The second-order valence-corrected chi connectivity index (χ2v) is 4.55. The zero-order chi connectivity index (χ0) is 9.42. The van der Waals surface area contributed by atoms with Crippen molar-refractivity contribution in [2.24, 2.45) is 0 Å². The average Bonchev–Trinajstić information content (AvgIpc) is 2.63. The van der Waals surface area contributed by atoms with E-state index in [2.05, 4.69) is 5.32 Å². The summed E-state index contributed by atoms with van der Waals surface area (Å²) in [6.07, 6.45) is 0.941. The third-order valence-corrected chi connectivity index (χ3v) is 3.58. The number of rotatable bonds is 1. The molecule has 2 heterocycles. The van der Waals surface area contributed by atoms with Crippen LogP contribution in [-0.4, -0.2) is 40.4 Å². The van der Waals surface area contributed by atoms with Crippen molar-refractivity contribution in [2.45, 2.75) is 25.4 Å². The predicted octanol–water partition coefficient (Wildman–Crippen LogP) is 0.432. The number of amides is 3. The van der Waals surface area contributed by atoms with Gasteiger partial charge in [-0.2, -0.15) is 11.8 Å². The molecule has 0 aromatic carbocycles. The molecule has 2 aliphatic rings. The Labute approximate surface area is 81.0 Å². The average molecular weight is 200 g/mol. The fourth-order valence-corrected chi connectivity index (χ4v) is 2.89. The number of hydrogen-bond acceptors (Lipinski definition) is 3. The minimum Gasteiger partial charge on any atom is -0.326 e. The van der Waals surface area contributed by atoms with Crippen LogP contribution in [0.2, 0.25) is 0 Å². The van der Waals surface area contributed by atoms with Gasteiger partial charge in [-0.05, 0) is 19.1 Å². The summed E-state index contributed by atoms with van der Waals surface area (Å²) in [7, 11) is 0. The summed E-state index contributed by atoms with van der Waals surface area (Å²) in [4.78, 5) is 24.3. The molecule has 1 N–H and O–H groups in total. The monoisotopic (exact) mass is 200 g/mol. The normalized spacial score (nSPS) is 34.1. The van der Waals surface area contributed by atoms with E-state index >= 15 is 0 Å². The van der Waals surface area contributed by atoms with Crippen LogP contribution in [0.1, 0.15) is 13.3 Å². The first-order chi connectivity index (χ1) is 6.20. The lowest BCUT2D eigenvalue weighted by molar-refractivity contribution is -0.128. The van der Waals surface area contributed by atoms with E-state index in [9.17, 15) is 9.59 Å². The van der Waals surface area contributed by atoms with Crippen LogP contribution in [0, 0.1) is 0 Å². The van der Waals surface area contributed by atoms with Gasteiger partial charge in [0.15, 0.2) is 0 Å². The van der Waals surface area contributed by atoms with Crippen molar-refractivity contribution in [3.63, 3.8) is 0 Å². The minimum absolute atomic E-state index is 0.0718. The van der Waals surface area contributed by atoms with Gasteiger partial charge in [0.05, 0.1) is 6.04 Å². The summed E-state index contributed by atoms with van der Waals surface area (Å²) in [5.41, 5.74) is 0. The Morgan fingerprint density at radius 2 is 2.31 bits per heavy atom. The Morgan fingerprint density at radius 1 is 1.54 bits per heavy atom. The van der Waals surface area contributed by atoms with E-state index in [-0.39, 0.29) is 24.0 Å². The van der Waals surface area contributed by atoms with Crippen molar-refractivity contribution in [1.29, 1.82) is 0 Å². The lowest BCUT2D eigenvalue weighted by Crippen LogP contribution is -2.40. The van der Waals surface area contributed by atoms with Crippen LogP contribution in [0.3, 0.4) is 0 Å². The van der Waals surface area contributed by atoms with Crippen molar-refractivity contribution in [3.8, 4) is 0 Å². The number of carbonyl (C=O) groups is 2. The SMILES string of the molecule is C[C@H]1NC(=O)N(C2CCSC2)C1=O. The number of nitrogens with one attached hydrogen (secondary N) is 1. The number of imide groups is 1. The van der Waals surface area contributed by atoms with E-state index in [1.54, 1.807) is 18.7 Å². The summed E-state index contributed by atoms with van der Waals surface area (Å²) in [5.74, 6) is 1.87. The number of hydrogen-bond donors (Lipinski definition) is 1. The molecule has 3 amide bonds. The highest BCUT2D eigenvalue weighted by atomic mass is 32.2. The molecule has 72 valence electrons. The van der Waals surface area contributed by atoms with Crippen molar-refractivity contribution in [3.05, 3.63) is 0 Å². The van der Waals surface area contributed by atoms with Gasteiger partial charge in [-0.15, -0.1) is 0 Å². The third-order valence-electron chi connectivity index (χ3n) is 2.44. The summed E-state index contributed by atoms with van der Waals surface area (Å²) < 4.78 is 0. The largest absolute Gasteiger partial charge is 0.326 e. The molecule has 0 saturated carbocycles. The molecule has 2 atom stereocenters. The van der Waals surface area contributed by atoms with Gasteiger partial charge in [0, 0.05) is 5.75 Å². The molecule has 0 spiro atoms. The molecular weight excluding hydrogens is 188 g/mol. The van der Waals surface area contributed by atoms with Crippen molar-refractivity contribution in [1.82, 2.24) is 10.2 Å². The van der Waals surface area contributed by atoms with E-state index in [4.69, 9.17) is 0 Å². The lowest BCUT2D eigenvalue weighted by Gasteiger charge is -2.19. The van der Waals surface area contributed by atoms with Crippen LogP contribution < -0.4 is 5.32 Å². The second kappa shape index (κ2) is 3.21. The molecule has 0 bridgehead atoms. The minimum atomic E-state index is -0.335. The molecule has 0 aromatic rings. The predicted molar refractivity (Wildman–Crippen MR) is 50.6 cm³/mol. The zero-order valence-electron chi connectivity index (χ0n) is 7.45. The Hall–Kier alpha value is -0.710. The maximum absolute atomic E-state index is 11.5. The van der Waals surface area contributed by atoms with Crippen LogP contribution >= 0.6 is 11.8 Å². The molecule has 5 heteroatoms. The first-order valence-corrected chi connectivity index (χ1v) is 5.57. The van der Waals surface area contributed by atoms with Crippen molar-refractivity contribution < 1.29 is 9.59 Å². The highest BCUT2D eigenvalue weighted by Crippen LogP contribution is 2.24. The molecule has 2 fully saturated rings. The lowest BCUT2D eigenvalue weighted by atomic mass is 10.2. The van der Waals surface area contributed by atoms with Crippen LogP contribution in [-0.2, 0) is 4.79 Å². The highest BCUT2D eigenvalue weighted by Gasteiger charge is 2.40. The molecule has 0 aliphatic carbocycles. The van der Waals surface area contributed by atoms with Gasteiger partial charge in [0.1, 0.15) is 6.04 Å². The molecular formula is C8H12N2O2S. The summed E-state index contributed by atoms with van der Waals surface area (Å²) in [6, 6.07) is -0.425. The third kappa shape index (κ3) is 1.41. The Morgan fingerprint density at radius 3 is 2.77 bits per heavy atom. The van der Waals surface area contributed by atoms with Crippen LogP contribution in [0.15, 0.2) is 0 Å². The molecule has 0 aromatic heterocycles. The van der Waals surface area contributed by atoms with Gasteiger partial charge in [-0.3, -0.25) is 9.69 Å². The topological polar surface area (TPSA) is 49.4 Å². The Balaban J connectivity index is 2.13. The van der Waals surface area contributed by atoms with Crippen LogP contribution in [0.25, 0.3) is 0 Å². The van der Waals surface area contributed by atoms with Gasteiger partial charge in [-0.1, -0.05) is 0 Å². The van der Waals surface area contributed by atoms with E-state index in [0.717, 1.165) is 17.9 Å². The summed E-state index contributed by atoms with van der Waals surface area (Å²) >= 11 is 1.80. The molecule has 2 rings (SSSR count). The van der Waals surface area contributed by atoms with E-state index < -0.39 is 0 Å². The van der Waals surface area contributed by atoms with E-state index in [0.29, 0.717) is 0 Å². The second-order valence-electron chi connectivity index (χ2n) is 3.40. The number of nitrogens with zero attached hydrogens (tertiary/aromatic N) is 1. The van der Waals surface area contributed by atoms with Crippen LogP contribution in [0.4, 0.5) is 4.79 Å². The smallest absolute Gasteiger partial charge is 0.325 e. The quantitative estimate of drug-likeness (QED) is 0.624. The van der Waals surface area contributed by atoms with Crippen molar-refractivity contribution >= 4 is 23.7 Å². The van der Waals surface area contributed by atoms with Gasteiger partial charge in [0.2, 0.25) is 0 Å². The Kier molecular flexibility index (Phi) is 2.19. The molecule has 13 heavy (non-hydrogen) atoms. The van der Waals surface area contributed by atoms with Gasteiger partial charge < -0.3 is 5.32 Å². The first-order valence-electron chi connectivity index (χ1n) is 4.41.